The third-order valence-electron chi connectivity index (χ3n) is 7.65. The van der Waals surface area contributed by atoms with Crippen molar-refractivity contribution in [1.82, 2.24) is 0 Å². The molecule has 1 atom stereocenters. The molecule has 2 nitrogen and oxygen atoms in total. The molecule has 0 aliphatic rings. The number of quaternary nitrogens is 1. The van der Waals surface area contributed by atoms with Crippen molar-refractivity contribution in [2.45, 2.75) is 162 Å². The number of unbranched alkanes of at least 4 members (excludes halogenated alkanes) is 14. The summed E-state index contributed by atoms with van der Waals surface area (Å²) in [5, 5.41) is 0.410. The van der Waals surface area contributed by atoms with Gasteiger partial charge in [0, 0.05) is 13.0 Å². The van der Waals surface area contributed by atoms with Crippen molar-refractivity contribution in [1.29, 1.82) is 0 Å². The highest BCUT2D eigenvalue weighted by Crippen LogP contribution is 2.33. The molecule has 0 radical (unpaired) electrons. The monoisotopic (exact) mass is 505 g/mol. The summed E-state index contributed by atoms with van der Waals surface area (Å²) in [4.78, 5) is 0. The van der Waals surface area contributed by atoms with Crippen LogP contribution in [0.15, 0.2) is 0 Å². The molecule has 0 aromatic rings. The van der Waals surface area contributed by atoms with E-state index in [1.54, 1.807) is 0 Å². The topological polar surface area (TPSA) is 9.23 Å². The number of halogens is 1. The lowest BCUT2D eigenvalue weighted by atomic mass is 9.99. The molecule has 0 aromatic heterocycles. The van der Waals surface area contributed by atoms with Crippen LogP contribution in [0.25, 0.3) is 0 Å². The van der Waals surface area contributed by atoms with Crippen LogP contribution in [0.3, 0.4) is 0 Å². The molecule has 0 fully saturated rings. The Balaban J connectivity index is 0. The van der Waals surface area contributed by atoms with Crippen molar-refractivity contribution >= 4 is 9.76 Å². The van der Waals surface area contributed by atoms with E-state index in [2.05, 4.69) is 48.6 Å². The summed E-state index contributed by atoms with van der Waals surface area (Å²) in [6.07, 6.45) is 24.1. The highest BCUT2D eigenvalue weighted by molar-refractivity contribution is 6.31. The lowest BCUT2D eigenvalue weighted by molar-refractivity contribution is -0.932. The molecule has 0 bridgehead atoms. The van der Waals surface area contributed by atoms with Gasteiger partial charge in [-0.1, -0.05) is 105 Å². The van der Waals surface area contributed by atoms with E-state index in [9.17, 15) is 0 Å². The highest BCUT2D eigenvalue weighted by atomic mass is 35.5. The fraction of sp³-hybridized carbons (Fsp3) is 1.00. The van der Waals surface area contributed by atoms with Crippen LogP contribution in [0, 0.1) is 0 Å². The smallest absolute Gasteiger partial charge is 0.167 e. The first kappa shape index (κ1) is 35.6. The van der Waals surface area contributed by atoms with Gasteiger partial charge in [0.2, 0.25) is 0 Å². The van der Waals surface area contributed by atoms with Crippen molar-refractivity contribution in [2.75, 3.05) is 26.7 Å². The highest BCUT2D eigenvalue weighted by Gasteiger charge is 2.33. The zero-order valence-corrected chi connectivity index (χ0v) is 26.3. The molecule has 202 valence electrons. The Morgan fingerprint density at radius 3 is 1.39 bits per heavy atom. The van der Waals surface area contributed by atoms with Crippen LogP contribution < -0.4 is 12.4 Å². The first-order valence-corrected chi connectivity index (χ1v) is 16.0. The first-order valence-electron chi connectivity index (χ1n) is 14.7. The van der Waals surface area contributed by atoms with Crippen LogP contribution in [-0.2, 0) is 4.43 Å². The fourth-order valence-electron chi connectivity index (χ4n) is 5.22. The minimum atomic E-state index is -0.447. The maximum absolute atomic E-state index is 5.95. The summed E-state index contributed by atoms with van der Waals surface area (Å²) < 4.78 is 7.24. The summed E-state index contributed by atoms with van der Waals surface area (Å²) in [7, 11) is 2.13. The number of rotatable bonds is 24. The predicted octanol–water partition coefficient (Wildman–Crippen LogP) is 5.82. The lowest BCUT2D eigenvalue weighted by Gasteiger charge is -2.43. The summed E-state index contributed by atoms with van der Waals surface area (Å²) in [5.41, 5.74) is 0. The normalized spacial score (nSPS) is 13.5. The molecule has 0 heterocycles. The van der Waals surface area contributed by atoms with Gasteiger partial charge in [0.25, 0.3) is 0 Å². The molecule has 0 saturated carbocycles. The molecule has 0 aliphatic heterocycles. The van der Waals surface area contributed by atoms with E-state index in [-0.39, 0.29) is 12.4 Å². The van der Waals surface area contributed by atoms with Gasteiger partial charge < -0.3 is 21.3 Å². The maximum Gasteiger partial charge on any atom is 0.167 e. The molecule has 0 spiro atoms. The number of hydrogen-bond donors (Lipinski definition) is 0. The summed E-state index contributed by atoms with van der Waals surface area (Å²) in [5.74, 6) is 0. The van der Waals surface area contributed by atoms with E-state index < -0.39 is 9.76 Å². The van der Waals surface area contributed by atoms with Crippen LogP contribution in [0.1, 0.15) is 151 Å². The van der Waals surface area contributed by atoms with Crippen LogP contribution >= 0.6 is 0 Å². The van der Waals surface area contributed by atoms with E-state index >= 15 is 0 Å². The Hall–Kier alpha value is 0.427. The van der Waals surface area contributed by atoms with Gasteiger partial charge in [-0.05, 0) is 44.6 Å². The molecule has 0 N–H and O–H groups in total. The molecule has 1 unspecified atom stereocenters. The van der Waals surface area contributed by atoms with E-state index in [1.165, 1.54) is 127 Å². The second-order valence-electron chi connectivity index (χ2n) is 11.7. The van der Waals surface area contributed by atoms with Crippen molar-refractivity contribution in [3.05, 3.63) is 0 Å². The molecule has 0 aromatic carbocycles. The second-order valence-corrected chi connectivity index (χ2v) is 14.3. The summed E-state index contributed by atoms with van der Waals surface area (Å²) in [6, 6.07) is 0.743. The van der Waals surface area contributed by atoms with Gasteiger partial charge in [-0.2, -0.15) is 0 Å². The molecule has 0 rings (SSSR count). The lowest BCUT2D eigenvalue weighted by Crippen LogP contribution is -3.00. The Kier molecular flexibility index (Phi) is 24.7. The zero-order chi connectivity index (χ0) is 24.1. The average molecular weight is 506 g/mol. The zero-order valence-electron chi connectivity index (χ0n) is 24.2. The summed E-state index contributed by atoms with van der Waals surface area (Å²) in [6.45, 7) is 17.9. The van der Waals surface area contributed by atoms with Crippen LogP contribution in [-0.4, -0.2) is 47.0 Å². The molecule has 0 amide bonds. The SMILES string of the molecule is CCCCCCCCCC[N+](C)(CCCCCCCCCC)C(C)CC(C)(C)[SiH2]OCC.[Cl-]. The Labute approximate surface area is 219 Å². The van der Waals surface area contributed by atoms with Gasteiger partial charge >= 0.3 is 0 Å². The van der Waals surface area contributed by atoms with Gasteiger partial charge in [0.15, 0.2) is 9.76 Å². The third kappa shape index (κ3) is 20.3. The Morgan fingerprint density at radius 1 is 0.667 bits per heavy atom. The first-order chi connectivity index (χ1) is 15.3. The summed E-state index contributed by atoms with van der Waals surface area (Å²) >= 11 is 0. The quantitative estimate of drug-likeness (QED) is 0.0912. The van der Waals surface area contributed by atoms with E-state index in [1.807, 2.05) is 0 Å². The van der Waals surface area contributed by atoms with Crippen molar-refractivity contribution in [3.8, 4) is 0 Å². The Morgan fingerprint density at radius 2 is 1.03 bits per heavy atom. The van der Waals surface area contributed by atoms with Gasteiger partial charge in [0.1, 0.15) is 0 Å². The van der Waals surface area contributed by atoms with Gasteiger partial charge in [0.05, 0.1) is 26.2 Å². The van der Waals surface area contributed by atoms with Crippen molar-refractivity contribution in [3.63, 3.8) is 0 Å². The molecular weight excluding hydrogens is 442 g/mol. The number of hydrogen-bond acceptors (Lipinski definition) is 1. The predicted molar refractivity (Wildman–Crippen MR) is 149 cm³/mol. The molecular formula is C29H64ClNOSi. The van der Waals surface area contributed by atoms with Crippen LogP contribution in [0.2, 0.25) is 5.04 Å². The van der Waals surface area contributed by atoms with Gasteiger partial charge in [-0.3, -0.25) is 0 Å². The minimum Gasteiger partial charge on any atom is -1.00 e. The van der Waals surface area contributed by atoms with E-state index in [0.29, 0.717) is 5.04 Å². The van der Waals surface area contributed by atoms with E-state index in [4.69, 9.17) is 4.43 Å². The molecule has 33 heavy (non-hydrogen) atoms. The second kappa shape index (κ2) is 22.9. The van der Waals surface area contributed by atoms with Gasteiger partial charge in [-0.25, -0.2) is 0 Å². The molecule has 0 aliphatic carbocycles. The minimum absolute atomic E-state index is 0. The molecule has 0 saturated heterocycles. The van der Waals surface area contributed by atoms with Crippen LogP contribution in [0.5, 0.6) is 0 Å². The third-order valence-corrected chi connectivity index (χ3v) is 9.34. The van der Waals surface area contributed by atoms with Crippen molar-refractivity contribution < 1.29 is 21.3 Å². The Bertz CT molecular complexity index is 385. The average Bonchev–Trinajstić information content (AvgIpc) is 2.75. The molecule has 4 heteroatoms. The van der Waals surface area contributed by atoms with Crippen LogP contribution in [0.4, 0.5) is 0 Å². The van der Waals surface area contributed by atoms with Crippen molar-refractivity contribution in [2.24, 2.45) is 0 Å². The standard InChI is InChI=1S/C29H64NOSi.ClH/c1-8-11-13-15-17-19-21-23-25-30(7,26-24-22-20-18-16-14-12-9-2)28(4)27-29(5,6)32-31-10-3;/h28H,8-27,32H2,1-7H3;1H/q+1;/p-1. The van der Waals surface area contributed by atoms with Gasteiger partial charge in [-0.15, -0.1) is 0 Å². The fourth-order valence-corrected chi connectivity index (χ4v) is 6.52. The maximum atomic E-state index is 5.95. The largest absolute Gasteiger partial charge is 1.00 e. The number of nitrogens with zero attached hydrogens (tertiary/aromatic N) is 1. The van der Waals surface area contributed by atoms with E-state index in [0.717, 1.165) is 12.6 Å².